The molecule has 3 heteroatoms. The third-order valence-corrected chi connectivity index (χ3v) is 2.33. The van der Waals surface area contributed by atoms with Gasteiger partial charge in [-0.25, -0.2) is 4.98 Å². The van der Waals surface area contributed by atoms with Gasteiger partial charge in [-0.15, -0.1) is 0 Å². The summed E-state index contributed by atoms with van der Waals surface area (Å²) in [6, 6.07) is 11.0. The molecule has 1 heterocycles. The van der Waals surface area contributed by atoms with Gasteiger partial charge in [-0.3, -0.25) is 4.79 Å². The zero-order valence-electron chi connectivity index (χ0n) is 7.85. The van der Waals surface area contributed by atoms with E-state index in [1.54, 1.807) is 24.4 Å². The molecule has 0 aliphatic carbocycles. The van der Waals surface area contributed by atoms with Crippen LogP contribution in [0.1, 0.15) is 10.4 Å². The third kappa shape index (κ3) is 2.22. The van der Waals surface area contributed by atoms with Gasteiger partial charge >= 0.3 is 0 Å². The molecule has 0 saturated heterocycles. The van der Waals surface area contributed by atoms with Crippen LogP contribution in [0.4, 0.5) is 0 Å². The van der Waals surface area contributed by atoms with Gasteiger partial charge in [-0.1, -0.05) is 35.9 Å². The average Bonchev–Trinajstić information content (AvgIpc) is 2.30. The zero-order valence-corrected chi connectivity index (χ0v) is 8.61. The standard InChI is InChI=1S/C12H8ClNO/c13-12-6-5-11(7-14-12)10-3-1-9(8-15)2-4-10/h1-8H. The van der Waals surface area contributed by atoms with Crippen LogP contribution in [0, 0.1) is 0 Å². The van der Waals surface area contributed by atoms with Gasteiger partial charge in [-0.05, 0) is 17.7 Å². The Bertz CT molecular complexity index is 462. The Hall–Kier alpha value is -1.67. The van der Waals surface area contributed by atoms with Crippen LogP contribution in [-0.2, 0) is 0 Å². The highest BCUT2D eigenvalue weighted by Gasteiger charge is 1.98. The van der Waals surface area contributed by atoms with Crippen molar-refractivity contribution in [3.8, 4) is 11.1 Å². The largest absolute Gasteiger partial charge is 0.298 e. The molecule has 2 nitrogen and oxygen atoms in total. The molecule has 2 aromatic rings. The Kier molecular flexibility index (Phi) is 2.79. The van der Waals surface area contributed by atoms with Gasteiger partial charge in [0.25, 0.3) is 0 Å². The van der Waals surface area contributed by atoms with Crippen LogP contribution in [0.15, 0.2) is 42.6 Å². The van der Waals surface area contributed by atoms with Crippen LogP contribution in [0.25, 0.3) is 11.1 Å². The van der Waals surface area contributed by atoms with Crippen molar-refractivity contribution in [3.05, 3.63) is 53.3 Å². The number of carbonyl (C=O) groups is 1. The van der Waals surface area contributed by atoms with Crippen LogP contribution in [-0.4, -0.2) is 11.3 Å². The van der Waals surface area contributed by atoms with E-state index in [-0.39, 0.29) is 0 Å². The minimum absolute atomic E-state index is 0.475. The minimum atomic E-state index is 0.475. The molecule has 74 valence electrons. The molecule has 15 heavy (non-hydrogen) atoms. The number of hydrogen-bond donors (Lipinski definition) is 0. The highest BCUT2D eigenvalue weighted by molar-refractivity contribution is 6.29. The maximum atomic E-state index is 10.5. The summed E-state index contributed by atoms with van der Waals surface area (Å²) >= 11 is 5.69. The first-order chi connectivity index (χ1) is 7.29. The fraction of sp³-hybridized carbons (Fsp3) is 0. The molecule has 2 rings (SSSR count). The molecule has 0 saturated carbocycles. The number of halogens is 1. The van der Waals surface area contributed by atoms with Crippen molar-refractivity contribution < 1.29 is 4.79 Å². The number of hydrogen-bond acceptors (Lipinski definition) is 2. The predicted octanol–water partition coefficient (Wildman–Crippen LogP) is 3.21. The maximum absolute atomic E-state index is 10.5. The van der Waals surface area contributed by atoms with Crippen LogP contribution >= 0.6 is 11.6 Å². The fourth-order valence-electron chi connectivity index (χ4n) is 1.30. The Morgan fingerprint density at radius 3 is 2.20 bits per heavy atom. The zero-order chi connectivity index (χ0) is 10.7. The summed E-state index contributed by atoms with van der Waals surface area (Å²) in [5, 5.41) is 0.475. The summed E-state index contributed by atoms with van der Waals surface area (Å²) in [7, 11) is 0. The predicted molar refractivity (Wildman–Crippen MR) is 60.1 cm³/mol. The van der Waals surface area contributed by atoms with E-state index >= 15 is 0 Å². The molecular formula is C12H8ClNO. The molecule has 0 aliphatic rings. The summed E-state index contributed by atoms with van der Waals surface area (Å²) in [4.78, 5) is 14.5. The summed E-state index contributed by atoms with van der Waals surface area (Å²) in [5.41, 5.74) is 2.67. The molecular weight excluding hydrogens is 210 g/mol. The Balaban J connectivity index is 2.37. The molecule has 0 amide bonds. The van der Waals surface area contributed by atoms with E-state index in [1.807, 2.05) is 18.2 Å². The number of pyridine rings is 1. The van der Waals surface area contributed by atoms with Crippen molar-refractivity contribution in [2.45, 2.75) is 0 Å². The van der Waals surface area contributed by atoms with Crippen LogP contribution in [0.5, 0.6) is 0 Å². The van der Waals surface area contributed by atoms with Gasteiger partial charge in [0, 0.05) is 17.3 Å². The van der Waals surface area contributed by atoms with Crippen molar-refractivity contribution in [3.63, 3.8) is 0 Å². The number of carbonyl (C=O) groups excluding carboxylic acids is 1. The van der Waals surface area contributed by atoms with Crippen molar-refractivity contribution in [2.24, 2.45) is 0 Å². The summed E-state index contributed by atoms with van der Waals surface area (Å²) in [6.07, 6.45) is 2.53. The van der Waals surface area contributed by atoms with Gasteiger partial charge in [0.1, 0.15) is 11.4 Å². The van der Waals surface area contributed by atoms with Crippen molar-refractivity contribution in [1.29, 1.82) is 0 Å². The molecule has 0 N–H and O–H groups in total. The second-order valence-corrected chi connectivity index (χ2v) is 3.50. The molecule has 0 unspecified atom stereocenters. The first-order valence-electron chi connectivity index (χ1n) is 4.47. The molecule has 0 aliphatic heterocycles. The van der Waals surface area contributed by atoms with E-state index < -0.39 is 0 Å². The Labute approximate surface area is 92.5 Å². The SMILES string of the molecule is O=Cc1ccc(-c2ccc(Cl)nc2)cc1. The molecule has 0 bridgehead atoms. The molecule has 0 atom stereocenters. The smallest absolute Gasteiger partial charge is 0.150 e. The maximum Gasteiger partial charge on any atom is 0.150 e. The highest BCUT2D eigenvalue weighted by Crippen LogP contribution is 2.19. The first-order valence-corrected chi connectivity index (χ1v) is 4.84. The number of aldehydes is 1. The summed E-state index contributed by atoms with van der Waals surface area (Å²) < 4.78 is 0. The third-order valence-electron chi connectivity index (χ3n) is 2.11. The molecule has 0 fully saturated rings. The Morgan fingerprint density at radius 2 is 1.67 bits per heavy atom. The van der Waals surface area contributed by atoms with E-state index in [4.69, 9.17) is 11.6 Å². The second-order valence-electron chi connectivity index (χ2n) is 3.11. The van der Waals surface area contributed by atoms with Gasteiger partial charge in [0.2, 0.25) is 0 Å². The number of nitrogens with zero attached hydrogens (tertiary/aromatic N) is 1. The van der Waals surface area contributed by atoms with E-state index in [9.17, 15) is 4.79 Å². The average molecular weight is 218 g/mol. The van der Waals surface area contributed by atoms with Crippen LogP contribution in [0.3, 0.4) is 0 Å². The molecule has 0 spiro atoms. The lowest BCUT2D eigenvalue weighted by Gasteiger charge is -2.00. The van der Waals surface area contributed by atoms with E-state index in [2.05, 4.69) is 4.98 Å². The Morgan fingerprint density at radius 1 is 1.00 bits per heavy atom. The van der Waals surface area contributed by atoms with Crippen LogP contribution in [0.2, 0.25) is 5.15 Å². The lowest BCUT2D eigenvalue weighted by atomic mass is 10.1. The highest BCUT2D eigenvalue weighted by atomic mass is 35.5. The lowest BCUT2D eigenvalue weighted by Crippen LogP contribution is -1.82. The minimum Gasteiger partial charge on any atom is -0.298 e. The fourth-order valence-corrected chi connectivity index (χ4v) is 1.41. The lowest BCUT2D eigenvalue weighted by molar-refractivity contribution is 0.112. The van der Waals surface area contributed by atoms with Crippen molar-refractivity contribution in [1.82, 2.24) is 4.98 Å². The number of rotatable bonds is 2. The summed E-state index contributed by atoms with van der Waals surface area (Å²) in [5.74, 6) is 0. The normalized spacial score (nSPS) is 9.93. The molecule has 1 aromatic carbocycles. The van der Waals surface area contributed by atoms with Gasteiger partial charge in [0.15, 0.2) is 0 Å². The summed E-state index contributed by atoms with van der Waals surface area (Å²) in [6.45, 7) is 0. The van der Waals surface area contributed by atoms with Crippen molar-refractivity contribution in [2.75, 3.05) is 0 Å². The first kappa shape index (κ1) is 9.87. The number of aromatic nitrogens is 1. The number of benzene rings is 1. The van der Waals surface area contributed by atoms with E-state index in [0.29, 0.717) is 10.7 Å². The monoisotopic (exact) mass is 217 g/mol. The quantitative estimate of drug-likeness (QED) is 0.571. The van der Waals surface area contributed by atoms with E-state index in [1.165, 1.54) is 0 Å². The second kappa shape index (κ2) is 4.24. The van der Waals surface area contributed by atoms with Crippen LogP contribution < -0.4 is 0 Å². The molecule has 1 aromatic heterocycles. The van der Waals surface area contributed by atoms with E-state index in [0.717, 1.165) is 17.4 Å². The topological polar surface area (TPSA) is 30.0 Å². The van der Waals surface area contributed by atoms with Gasteiger partial charge in [0.05, 0.1) is 0 Å². The molecule has 0 radical (unpaired) electrons. The van der Waals surface area contributed by atoms with Gasteiger partial charge < -0.3 is 0 Å². The van der Waals surface area contributed by atoms with Crippen molar-refractivity contribution >= 4 is 17.9 Å². The van der Waals surface area contributed by atoms with Gasteiger partial charge in [-0.2, -0.15) is 0 Å².